The molecule has 1 nitrogen and oxygen atoms in total. The van der Waals surface area contributed by atoms with Gasteiger partial charge in [-0.1, -0.05) is 19.4 Å². The van der Waals surface area contributed by atoms with E-state index in [-0.39, 0.29) is 5.83 Å². The first-order valence-corrected chi connectivity index (χ1v) is 4.13. The lowest BCUT2D eigenvalue weighted by Gasteiger charge is -1.86. The normalized spacial score (nSPS) is 14.2. The zero-order valence-corrected chi connectivity index (χ0v) is 7.68. The largest absolute Gasteiger partial charge is 0.402 e. The molecule has 2 N–H and O–H groups in total. The van der Waals surface area contributed by atoms with Crippen molar-refractivity contribution in [3.63, 3.8) is 0 Å². The standard InChI is InChI=1S/C10H16FN/c1-3-4-5-6-10(11)8-7-9(2)12/h5-8H,3-4,12H2,1-2H3/b6-5+,9-7+,10-8+. The van der Waals surface area contributed by atoms with Crippen LogP contribution in [0.2, 0.25) is 0 Å². The van der Waals surface area contributed by atoms with Crippen LogP contribution < -0.4 is 5.73 Å². The van der Waals surface area contributed by atoms with Gasteiger partial charge in [0.2, 0.25) is 0 Å². The maximum atomic E-state index is 12.8. The summed E-state index contributed by atoms with van der Waals surface area (Å²) in [5, 5.41) is 0. The third kappa shape index (κ3) is 7.06. The van der Waals surface area contributed by atoms with Crippen molar-refractivity contribution in [2.75, 3.05) is 0 Å². The van der Waals surface area contributed by atoms with Crippen LogP contribution in [0.4, 0.5) is 4.39 Å². The van der Waals surface area contributed by atoms with Gasteiger partial charge in [0.1, 0.15) is 5.83 Å². The van der Waals surface area contributed by atoms with Crippen molar-refractivity contribution in [2.45, 2.75) is 26.7 Å². The molecular weight excluding hydrogens is 153 g/mol. The molecular formula is C10H16FN. The monoisotopic (exact) mass is 169 g/mol. The zero-order chi connectivity index (χ0) is 9.40. The predicted molar refractivity (Wildman–Crippen MR) is 51.2 cm³/mol. The fourth-order valence-corrected chi connectivity index (χ4v) is 0.629. The highest BCUT2D eigenvalue weighted by Crippen LogP contribution is 2.01. The summed E-state index contributed by atoms with van der Waals surface area (Å²) in [6, 6.07) is 0. The lowest BCUT2D eigenvalue weighted by atomic mass is 10.3. The summed E-state index contributed by atoms with van der Waals surface area (Å²) >= 11 is 0. The van der Waals surface area contributed by atoms with Gasteiger partial charge in [-0.15, -0.1) is 0 Å². The van der Waals surface area contributed by atoms with Gasteiger partial charge in [0.15, 0.2) is 0 Å². The molecule has 0 aliphatic carbocycles. The number of hydrogen-bond acceptors (Lipinski definition) is 1. The van der Waals surface area contributed by atoms with Crippen LogP contribution >= 0.6 is 0 Å². The van der Waals surface area contributed by atoms with Gasteiger partial charge in [-0.2, -0.15) is 0 Å². The summed E-state index contributed by atoms with van der Waals surface area (Å²) in [6.07, 6.45) is 8.13. The second-order valence-corrected chi connectivity index (χ2v) is 2.65. The molecule has 12 heavy (non-hydrogen) atoms. The number of halogens is 1. The molecule has 0 aromatic heterocycles. The molecule has 0 heterocycles. The van der Waals surface area contributed by atoms with Crippen LogP contribution in [0.25, 0.3) is 0 Å². The average molecular weight is 169 g/mol. The number of hydrogen-bond donors (Lipinski definition) is 1. The highest BCUT2D eigenvalue weighted by atomic mass is 19.1. The average Bonchev–Trinajstić information content (AvgIpc) is 2.01. The quantitative estimate of drug-likeness (QED) is 0.643. The number of rotatable bonds is 4. The number of allylic oxidation sites excluding steroid dienone is 6. The summed E-state index contributed by atoms with van der Waals surface area (Å²) in [5.74, 6) is -0.256. The maximum Gasteiger partial charge on any atom is 0.122 e. The van der Waals surface area contributed by atoms with E-state index >= 15 is 0 Å². The minimum Gasteiger partial charge on any atom is -0.402 e. The molecule has 0 spiro atoms. The second kappa shape index (κ2) is 6.65. The first-order chi connectivity index (χ1) is 5.66. The molecule has 0 aliphatic heterocycles. The van der Waals surface area contributed by atoms with Crippen molar-refractivity contribution >= 4 is 0 Å². The Morgan fingerprint density at radius 3 is 2.58 bits per heavy atom. The van der Waals surface area contributed by atoms with E-state index in [2.05, 4.69) is 6.92 Å². The summed E-state index contributed by atoms with van der Waals surface area (Å²) in [5.41, 5.74) is 5.93. The van der Waals surface area contributed by atoms with Crippen molar-refractivity contribution in [1.29, 1.82) is 0 Å². The third-order valence-corrected chi connectivity index (χ3v) is 1.24. The highest BCUT2D eigenvalue weighted by molar-refractivity contribution is 5.19. The fourth-order valence-electron chi connectivity index (χ4n) is 0.629. The van der Waals surface area contributed by atoms with Gasteiger partial charge in [0.05, 0.1) is 0 Å². The van der Waals surface area contributed by atoms with Gasteiger partial charge in [-0.05, 0) is 31.6 Å². The van der Waals surface area contributed by atoms with E-state index in [1.54, 1.807) is 13.0 Å². The Morgan fingerprint density at radius 2 is 2.08 bits per heavy atom. The van der Waals surface area contributed by atoms with Crippen molar-refractivity contribution < 1.29 is 4.39 Å². The van der Waals surface area contributed by atoms with Crippen LogP contribution in [0, 0.1) is 0 Å². The van der Waals surface area contributed by atoms with E-state index < -0.39 is 0 Å². The Balaban J connectivity index is 3.93. The Hall–Kier alpha value is -1.05. The van der Waals surface area contributed by atoms with E-state index in [4.69, 9.17) is 5.73 Å². The van der Waals surface area contributed by atoms with Crippen LogP contribution in [0.1, 0.15) is 26.7 Å². The Bertz CT molecular complexity index is 198. The molecule has 0 bridgehead atoms. The Morgan fingerprint density at radius 1 is 1.42 bits per heavy atom. The molecule has 0 atom stereocenters. The first-order valence-electron chi connectivity index (χ1n) is 4.13. The van der Waals surface area contributed by atoms with Crippen LogP contribution in [-0.4, -0.2) is 0 Å². The van der Waals surface area contributed by atoms with Gasteiger partial charge in [0.25, 0.3) is 0 Å². The molecule has 0 aromatic rings. The summed E-state index contributed by atoms with van der Waals surface area (Å²) < 4.78 is 12.8. The predicted octanol–water partition coefficient (Wildman–Crippen LogP) is 3.06. The molecule has 2 heteroatoms. The summed E-state index contributed by atoms with van der Waals surface area (Å²) in [6.45, 7) is 3.77. The fraction of sp³-hybridized carbons (Fsp3) is 0.400. The van der Waals surface area contributed by atoms with Crippen LogP contribution in [0.3, 0.4) is 0 Å². The summed E-state index contributed by atoms with van der Waals surface area (Å²) in [7, 11) is 0. The highest BCUT2D eigenvalue weighted by Gasteiger charge is 1.83. The van der Waals surface area contributed by atoms with Gasteiger partial charge in [0, 0.05) is 5.70 Å². The molecule has 0 saturated carbocycles. The summed E-state index contributed by atoms with van der Waals surface area (Å²) in [4.78, 5) is 0. The molecule has 0 aromatic carbocycles. The maximum absolute atomic E-state index is 12.8. The molecule has 0 radical (unpaired) electrons. The number of nitrogens with two attached hydrogens (primary N) is 1. The van der Waals surface area contributed by atoms with Crippen molar-refractivity contribution in [3.8, 4) is 0 Å². The minimum absolute atomic E-state index is 0.256. The first kappa shape index (κ1) is 11.0. The van der Waals surface area contributed by atoms with Gasteiger partial charge < -0.3 is 5.73 Å². The topological polar surface area (TPSA) is 26.0 Å². The minimum atomic E-state index is -0.256. The Kier molecular flexibility index (Phi) is 6.07. The smallest absolute Gasteiger partial charge is 0.122 e. The molecule has 0 amide bonds. The van der Waals surface area contributed by atoms with Crippen molar-refractivity contribution in [1.82, 2.24) is 0 Å². The zero-order valence-electron chi connectivity index (χ0n) is 7.68. The van der Waals surface area contributed by atoms with E-state index in [9.17, 15) is 4.39 Å². The molecule has 0 aliphatic rings. The van der Waals surface area contributed by atoms with Gasteiger partial charge >= 0.3 is 0 Å². The van der Waals surface area contributed by atoms with E-state index in [1.165, 1.54) is 12.2 Å². The van der Waals surface area contributed by atoms with E-state index in [1.807, 2.05) is 6.08 Å². The van der Waals surface area contributed by atoms with E-state index in [0.717, 1.165) is 12.8 Å². The van der Waals surface area contributed by atoms with E-state index in [0.29, 0.717) is 5.70 Å². The van der Waals surface area contributed by atoms with Crippen LogP contribution in [-0.2, 0) is 0 Å². The third-order valence-electron chi connectivity index (χ3n) is 1.24. The van der Waals surface area contributed by atoms with Crippen LogP contribution in [0.15, 0.2) is 35.8 Å². The van der Waals surface area contributed by atoms with Gasteiger partial charge in [-0.3, -0.25) is 0 Å². The van der Waals surface area contributed by atoms with Crippen LogP contribution in [0.5, 0.6) is 0 Å². The van der Waals surface area contributed by atoms with Crippen molar-refractivity contribution in [2.24, 2.45) is 5.73 Å². The second-order valence-electron chi connectivity index (χ2n) is 2.65. The lowest BCUT2D eigenvalue weighted by molar-refractivity contribution is 0.665. The molecule has 0 fully saturated rings. The SMILES string of the molecule is CCC/C=C/C(F)=C\C=C(/C)N. The molecule has 0 unspecified atom stereocenters. The van der Waals surface area contributed by atoms with Crippen molar-refractivity contribution in [3.05, 3.63) is 35.8 Å². The lowest BCUT2D eigenvalue weighted by Crippen LogP contribution is -1.87. The molecule has 68 valence electrons. The van der Waals surface area contributed by atoms with Gasteiger partial charge in [-0.25, -0.2) is 4.39 Å². The Labute approximate surface area is 73.5 Å². The molecule has 0 rings (SSSR count). The molecule has 0 saturated heterocycles. The number of unbranched alkanes of at least 4 members (excludes halogenated alkanes) is 1.